The summed E-state index contributed by atoms with van der Waals surface area (Å²) in [5.74, 6) is -0.579. The Hall–Kier alpha value is -1.85. The molecule has 1 N–H and O–H groups in total. The quantitative estimate of drug-likeness (QED) is 0.790. The Bertz CT molecular complexity index is 679. The molecule has 0 aliphatic rings. The fraction of sp³-hybridized carbons (Fsp3) is 0.125. The van der Waals surface area contributed by atoms with Crippen molar-refractivity contribution in [3.05, 3.63) is 76.6 Å². The van der Waals surface area contributed by atoms with Crippen molar-refractivity contribution in [2.75, 3.05) is 0 Å². The van der Waals surface area contributed by atoms with Crippen molar-refractivity contribution in [2.45, 2.75) is 11.8 Å². The zero-order chi connectivity index (χ0) is 16.4. The predicted molar refractivity (Wildman–Crippen MR) is 76.8 cm³/mol. The first-order valence-electron chi connectivity index (χ1n) is 6.22. The van der Waals surface area contributed by atoms with Crippen LogP contribution in [0.25, 0.3) is 6.08 Å². The van der Waals surface area contributed by atoms with Gasteiger partial charge in [-0.1, -0.05) is 41.9 Å². The second-order valence-electron chi connectivity index (χ2n) is 4.66. The molecule has 0 aromatic heterocycles. The molecule has 0 aliphatic carbocycles. The summed E-state index contributed by atoms with van der Waals surface area (Å²) < 4.78 is 52.8. The number of aliphatic hydroxyl groups is 1. The molecule has 0 spiro atoms. The molecule has 6 heteroatoms. The standard InChI is InChI=1S/C16H11ClF4O/c17-13-6-4-12(5-7-13)15(22,16(19,20)21)9-8-11-2-1-3-14(18)10-11/h1-10,22H. The van der Waals surface area contributed by atoms with Crippen molar-refractivity contribution >= 4 is 17.7 Å². The number of alkyl halides is 3. The van der Waals surface area contributed by atoms with E-state index >= 15 is 0 Å². The van der Waals surface area contributed by atoms with Crippen LogP contribution in [0.2, 0.25) is 5.02 Å². The molecule has 1 nitrogen and oxygen atoms in total. The van der Waals surface area contributed by atoms with Gasteiger partial charge in [-0.05, 0) is 41.5 Å². The summed E-state index contributed by atoms with van der Waals surface area (Å²) in [6, 6.07) is 9.72. The third-order valence-electron chi connectivity index (χ3n) is 3.08. The van der Waals surface area contributed by atoms with E-state index in [0.717, 1.165) is 24.3 Å². The fourth-order valence-electron chi connectivity index (χ4n) is 1.89. The Morgan fingerprint density at radius 2 is 1.64 bits per heavy atom. The van der Waals surface area contributed by atoms with Crippen LogP contribution in [0.15, 0.2) is 54.6 Å². The molecule has 0 aliphatic heterocycles. The Kier molecular flexibility index (Phi) is 4.58. The first kappa shape index (κ1) is 16.5. The van der Waals surface area contributed by atoms with Crippen molar-refractivity contribution in [1.29, 1.82) is 0 Å². The minimum Gasteiger partial charge on any atom is -0.373 e. The Morgan fingerprint density at radius 1 is 1.00 bits per heavy atom. The van der Waals surface area contributed by atoms with Crippen molar-refractivity contribution in [1.82, 2.24) is 0 Å². The number of rotatable bonds is 3. The number of benzene rings is 2. The molecule has 2 rings (SSSR count). The molecule has 116 valence electrons. The van der Waals surface area contributed by atoms with Crippen LogP contribution in [-0.2, 0) is 5.60 Å². The molecule has 1 unspecified atom stereocenters. The maximum Gasteiger partial charge on any atom is 0.425 e. The Balaban J connectivity index is 2.44. The third kappa shape index (κ3) is 3.48. The molecular formula is C16H11ClF4O. The first-order chi connectivity index (χ1) is 10.2. The number of hydrogen-bond donors (Lipinski definition) is 1. The molecular weight excluding hydrogens is 320 g/mol. The van der Waals surface area contributed by atoms with Gasteiger partial charge in [-0.3, -0.25) is 0 Å². The molecule has 0 radical (unpaired) electrons. The van der Waals surface area contributed by atoms with E-state index in [0.29, 0.717) is 6.08 Å². The van der Waals surface area contributed by atoms with Crippen LogP contribution < -0.4 is 0 Å². The summed E-state index contributed by atoms with van der Waals surface area (Å²) in [7, 11) is 0. The second-order valence-corrected chi connectivity index (χ2v) is 5.10. The summed E-state index contributed by atoms with van der Waals surface area (Å²) in [4.78, 5) is 0. The zero-order valence-corrected chi connectivity index (χ0v) is 11.9. The lowest BCUT2D eigenvalue weighted by molar-refractivity contribution is -0.244. The average molecular weight is 331 g/mol. The molecule has 2 aromatic carbocycles. The van der Waals surface area contributed by atoms with Gasteiger partial charge in [0.25, 0.3) is 0 Å². The van der Waals surface area contributed by atoms with E-state index in [2.05, 4.69) is 0 Å². The van der Waals surface area contributed by atoms with Crippen LogP contribution in [0.3, 0.4) is 0 Å². The van der Waals surface area contributed by atoms with E-state index in [1.54, 1.807) is 0 Å². The van der Waals surface area contributed by atoms with E-state index in [-0.39, 0.29) is 16.1 Å². The minimum atomic E-state index is -4.94. The summed E-state index contributed by atoms with van der Waals surface area (Å²) in [6.07, 6.45) is -3.33. The molecule has 0 fully saturated rings. The highest BCUT2D eigenvalue weighted by Crippen LogP contribution is 2.40. The summed E-state index contributed by atoms with van der Waals surface area (Å²) in [6.45, 7) is 0. The summed E-state index contributed by atoms with van der Waals surface area (Å²) >= 11 is 5.64. The van der Waals surface area contributed by atoms with Crippen LogP contribution in [0.4, 0.5) is 17.6 Å². The van der Waals surface area contributed by atoms with Crippen LogP contribution >= 0.6 is 11.6 Å². The van der Waals surface area contributed by atoms with Gasteiger partial charge in [0, 0.05) is 5.02 Å². The summed E-state index contributed by atoms with van der Waals surface area (Å²) in [5, 5.41) is 10.3. The monoisotopic (exact) mass is 330 g/mol. The Labute approximate surface area is 129 Å². The van der Waals surface area contributed by atoms with Gasteiger partial charge in [-0.2, -0.15) is 13.2 Å². The van der Waals surface area contributed by atoms with E-state index in [1.807, 2.05) is 0 Å². The minimum absolute atomic E-state index is 0.205. The Morgan fingerprint density at radius 3 is 2.18 bits per heavy atom. The van der Waals surface area contributed by atoms with Crippen LogP contribution in [0, 0.1) is 5.82 Å². The third-order valence-corrected chi connectivity index (χ3v) is 3.33. The topological polar surface area (TPSA) is 20.2 Å². The first-order valence-corrected chi connectivity index (χ1v) is 6.60. The van der Waals surface area contributed by atoms with Gasteiger partial charge in [0.1, 0.15) is 5.82 Å². The van der Waals surface area contributed by atoms with Crippen molar-refractivity contribution in [3.63, 3.8) is 0 Å². The molecule has 2 aromatic rings. The molecule has 0 amide bonds. The van der Waals surface area contributed by atoms with Gasteiger partial charge in [0.2, 0.25) is 5.60 Å². The zero-order valence-electron chi connectivity index (χ0n) is 11.1. The smallest absolute Gasteiger partial charge is 0.373 e. The van der Waals surface area contributed by atoms with Crippen LogP contribution in [-0.4, -0.2) is 11.3 Å². The lowest BCUT2D eigenvalue weighted by Crippen LogP contribution is -2.40. The van der Waals surface area contributed by atoms with Gasteiger partial charge in [-0.25, -0.2) is 4.39 Å². The van der Waals surface area contributed by atoms with Gasteiger partial charge in [-0.15, -0.1) is 0 Å². The highest BCUT2D eigenvalue weighted by Gasteiger charge is 2.53. The van der Waals surface area contributed by atoms with Gasteiger partial charge < -0.3 is 5.11 Å². The van der Waals surface area contributed by atoms with Crippen molar-refractivity contribution in [2.24, 2.45) is 0 Å². The molecule has 0 bridgehead atoms. The normalized spacial score (nSPS) is 15.0. The lowest BCUT2D eigenvalue weighted by Gasteiger charge is -2.28. The van der Waals surface area contributed by atoms with Crippen LogP contribution in [0.1, 0.15) is 11.1 Å². The van der Waals surface area contributed by atoms with Gasteiger partial charge >= 0.3 is 6.18 Å². The van der Waals surface area contributed by atoms with Gasteiger partial charge in [0.05, 0.1) is 0 Å². The highest BCUT2D eigenvalue weighted by molar-refractivity contribution is 6.30. The molecule has 0 saturated heterocycles. The maximum atomic E-state index is 13.3. The van der Waals surface area contributed by atoms with E-state index < -0.39 is 17.6 Å². The predicted octanol–water partition coefficient (Wildman–Crippen LogP) is 4.94. The van der Waals surface area contributed by atoms with E-state index in [9.17, 15) is 22.7 Å². The van der Waals surface area contributed by atoms with Gasteiger partial charge in [0.15, 0.2) is 0 Å². The highest BCUT2D eigenvalue weighted by atomic mass is 35.5. The largest absolute Gasteiger partial charge is 0.425 e. The molecule has 1 atom stereocenters. The average Bonchev–Trinajstić information content (AvgIpc) is 2.44. The number of hydrogen-bond acceptors (Lipinski definition) is 1. The van der Waals surface area contributed by atoms with E-state index in [4.69, 9.17) is 11.6 Å². The fourth-order valence-corrected chi connectivity index (χ4v) is 2.01. The molecule has 0 saturated carbocycles. The maximum absolute atomic E-state index is 13.3. The lowest BCUT2D eigenvalue weighted by atomic mass is 9.92. The van der Waals surface area contributed by atoms with Crippen LogP contribution in [0.5, 0.6) is 0 Å². The number of halogens is 5. The second kappa shape index (κ2) is 6.10. The summed E-state index contributed by atoms with van der Waals surface area (Å²) in [5.41, 5.74) is -3.36. The van der Waals surface area contributed by atoms with Crippen molar-refractivity contribution < 1.29 is 22.7 Å². The molecule has 0 heterocycles. The molecule has 22 heavy (non-hydrogen) atoms. The van der Waals surface area contributed by atoms with E-state index in [1.165, 1.54) is 30.3 Å². The van der Waals surface area contributed by atoms with Crippen molar-refractivity contribution in [3.8, 4) is 0 Å². The SMILES string of the molecule is OC(C=Cc1cccc(F)c1)(c1ccc(Cl)cc1)C(F)(F)F.